The number of carboxylic acids is 1. The number of hydrogen-bond acceptors (Lipinski definition) is 3. The molecule has 5 nitrogen and oxygen atoms in total. The fourth-order valence-electron chi connectivity index (χ4n) is 1.64. The molecule has 0 saturated heterocycles. The quantitative estimate of drug-likeness (QED) is 0.789. The molecule has 0 fully saturated rings. The van der Waals surface area contributed by atoms with Crippen LogP contribution in [0.3, 0.4) is 0 Å². The molecule has 18 heavy (non-hydrogen) atoms. The lowest BCUT2D eigenvalue weighted by Gasteiger charge is -2.05. The third-order valence-corrected chi connectivity index (χ3v) is 2.51. The smallest absolute Gasteiger partial charge is 0.303 e. The zero-order valence-corrected chi connectivity index (χ0v) is 9.68. The third kappa shape index (κ3) is 2.88. The highest BCUT2D eigenvalue weighted by Gasteiger charge is 2.04. The van der Waals surface area contributed by atoms with E-state index in [1.165, 1.54) is 0 Å². The number of para-hydroxylation sites is 1. The number of ether oxygens (including phenoxy) is 1. The van der Waals surface area contributed by atoms with E-state index < -0.39 is 5.97 Å². The van der Waals surface area contributed by atoms with Crippen molar-refractivity contribution in [2.75, 3.05) is 6.61 Å². The first kappa shape index (κ1) is 12.2. The predicted octanol–water partition coefficient (Wildman–Crippen LogP) is 1.77. The summed E-state index contributed by atoms with van der Waals surface area (Å²) in [5.74, 6) is -0.648. The molecule has 0 radical (unpaired) electrons. The third-order valence-electron chi connectivity index (χ3n) is 2.51. The van der Waals surface area contributed by atoms with Gasteiger partial charge in [0.05, 0.1) is 6.61 Å². The lowest BCUT2D eigenvalue weighted by Crippen LogP contribution is -2.12. The van der Waals surface area contributed by atoms with Crippen molar-refractivity contribution in [1.82, 2.24) is 4.98 Å². The second kappa shape index (κ2) is 5.35. The summed E-state index contributed by atoms with van der Waals surface area (Å²) in [4.78, 5) is 24.7. The van der Waals surface area contributed by atoms with Crippen LogP contribution < -0.4 is 10.3 Å². The number of pyridine rings is 1. The van der Waals surface area contributed by atoms with Gasteiger partial charge in [0.25, 0.3) is 5.56 Å². The Kier molecular flexibility index (Phi) is 3.62. The molecule has 0 unspecified atom stereocenters. The summed E-state index contributed by atoms with van der Waals surface area (Å²) in [6, 6.07) is 9.05. The Labute approximate surface area is 103 Å². The Morgan fingerprint density at radius 2 is 2.11 bits per heavy atom. The summed E-state index contributed by atoms with van der Waals surface area (Å²) in [6.45, 7) is 0.216. The number of aromatic nitrogens is 1. The van der Waals surface area contributed by atoms with Gasteiger partial charge in [-0.2, -0.15) is 0 Å². The molecule has 0 aliphatic rings. The number of carboxylic acid groups (broad SMARTS) is 1. The Balaban J connectivity index is 2.11. The minimum Gasteiger partial charge on any atom is -0.488 e. The van der Waals surface area contributed by atoms with Gasteiger partial charge in [0.1, 0.15) is 0 Å². The molecule has 0 amide bonds. The van der Waals surface area contributed by atoms with Gasteiger partial charge in [0.2, 0.25) is 0 Å². The van der Waals surface area contributed by atoms with Gasteiger partial charge in [0.15, 0.2) is 5.75 Å². The van der Waals surface area contributed by atoms with Crippen molar-refractivity contribution in [3.05, 3.63) is 40.7 Å². The van der Waals surface area contributed by atoms with Crippen LogP contribution in [0.4, 0.5) is 0 Å². The Morgan fingerprint density at radius 3 is 2.89 bits per heavy atom. The van der Waals surface area contributed by atoms with Gasteiger partial charge in [-0.05, 0) is 18.6 Å². The topological polar surface area (TPSA) is 79.4 Å². The average molecular weight is 247 g/mol. The molecule has 2 rings (SSSR count). The maximum atomic E-state index is 11.7. The number of benzene rings is 1. The first-order chi connectivity index (χ1) is 8.66. The van der Waals surface area contributed by atoms with E-state index in [9.17, 15) is 9.59 Å². The van der Waals surface area contributed by atoms with E-state index in [1.807, 2.05) is 24.3 Å². The van der Waals surface area contributed by atoms with Crippen LogP contribution in [-0.4, -0.2) is 22.7 Å². The average Bonchev–Trinajstić information content (AvgIpc) is 2.34. The highest BCUT2D eigenvalue weighted by molar-refractivity contribution is 5.79. The molecule has 94 valence electrons. The summed E-state index contributed by atoms with van der Waals surface area (Å²) in [5.41, 5.74) is 0.449. The molecule has 0 bridgehead atoms. The van der Waals surface area contributed by atoms with Crippen LogP contribution in [0.1, 0.15) is 12.8 Å². The lowest BCUT2D eigenvalue weighted by molar-refractivity contribution is -0.137. The van der Waals surface area contributed by atoms with Gasteiger partial charge in [-0.1, -0.05) is 18.2 Å². The van der Waals surface area contributed by atoms with E-state index in [1.54, 1.807) is 6.07 Å². The number of fused-ring (bicyclic) bond motifs is 1. The Morgan fingerprint density at radius 1 is 1.33 bits per heavy atom. The van der Waals surface area contributed by atoms with Crippen molar-refractivity contribution in [2.45, 2.75) is 12.8 Å². The van der Waals surface area contributed by atoms with Crippen LogP contribution in [-0.2, 0) is 4.79 Å². The largest absolute Gasteiger partial charge is 0.488 e. The molecule has 1 aromatic carbocycles. The minimum absolute atomic E-state index is 0.0332. The summed E-state index contributed by atoms with van der Waals surface area (Å²) in [6.07, 6.45) is 0.410. The molecule has 0 aliphatic heterocycles. The predicted molar refractivity (Wildman–Crippen MR) is 66.9 cm³/mol. The van der Waals surface area contributed by atoms with Crippen LogP contribution in [0, 0.1) is 0 Å². The van der Waals surface area contributed by atoms with Crippen molar-refractivity contribution in [3.63, 3.8) is 0 Å². The maximum Gasteiger partial charge on any atom is 0.303 e. The van der Waals surface area contributed by atoms with E-state index in [0.29, 0.717) is 6.42 Å². The van der Waals surface area contributed by atoms with Gasteiger partial charge in [-0.15, -0.1) is 0 Å². The highest BCUT2D eigenvalue weighted by atomic mass is 16.5. The minimum atomic E-state index is -0.869. The SMILES string of the molecule is O=C(O)CCCOc1cc2ccccc2[nH]c1=O. The number of aliphatic carboxylic acids is 1. The van der Waals surface area contributed by atoms with Crippen LogP contribution >= 0.6 is 0 Å². The number of carbonyl (C=O) groups is 1. The fraction of sp³-hybridized carbons (Fsp3) is 0.231. The number of nitrogens with one attached hydrogen (secondary N) is 1. The van der Waals surface area contributed by atoms with Gasteiger partial charge < -0.3 is 14.8 Å². The molecule has 0 spiro atoms. The number of rotatable bonds is 5. The van der Waals surface area contributed by atoms with E-state index in [2.05, 4.69) is 4.98 Å². The van der Waals surface area contributed by atoms with Crippen LogP contribution in [0.15, 0.2) is 35.1 Å². The van der Waals surface area contributed by atoms with E-state index >= 15 is 0 Å². The zero-order valence-electron chi connectivity index (χ0n) is 9.68. The van der Waals surface area contributed by atoms with E-state index in [0.717, 1.165) is 10.9 Å². The van der Waals surface area contributed by atoms with Crippen molar-refractivity contribution >= 4 is 16.9 Å². The van der Waals surface area contributed by atoms with Gasteiger partial charge >= 0.3 is 5.97 Å². The standard InChI is InChI=1S/C13H13NO4/c15-12(16)6-3-7-18-11-8-9-4-1-2-5-10(9)14-13(11)17/h1-2,4-5,8H,3,6-7H2,(H,14,17)(H,15,16). The molecule has 0 atom stereocenters. The molecule has 0 saturated carbocycles. The van der Waals surface area contributed by atoms with Crippen LogP contribution in [0.25, 0.3) is 10.9 Å². The van der Waals surface area contributed by atoms with Crippen LogP contribution in [0.2, 0.25) is 0 Å². The van der Waals surface area contributed by atoms with Crippen LogP contribution in [0.5, 0.6) is 5.75 Å². The summed E-state index contributed by atoms with van der Waals surface area (Å²) in [7, 11) is 0. The maximum absolute atomic E-state index is 11.7. The van der Waals surface area contributed by atoms with Crippen molar-refractivity contribution in [3.8, 4) is 5.75 Å². The lowest BCUT2D eigenvalue weighted by atomic mass is 10.2. The number of hydrogen-bond donors (Lipinski definition) is 2. The molecule has 2 aromatic rings. The molecule has 0 aliphatic carbocycles. The Bertz CT molecular complexity index is 618. The van der Waals surface area contributed by atoms with E-state index in [4.69, 9.17) is 9.84 Å². The fourth-order valence-corrected chi connectivity index (χ4v) is 1.64. The Hall–Kier alpha value is -2.30. The van der Waals surface area contributed by atoms with Crippen molar-refractivity contribution in [2.24, 2.45) is 0 Å². The molecule has 1 heterocycles. The summed E-state index contributed by atoms with van der Waals surface area (Å²) >= 11 is 0. The molecule has 1 aromatic heterocycles. The van der Waals surface area contributed by atoms with Crippen molar-refractivity contribution < 1.29 is 14.6 Å². The first-order valence-corrected chi connectivity index (χ1v) is 5.63. The molecule has 2 N–H and O–H groups in total. The van der Waals surface area contributed by atoms with E-state index in [-0.39, 0.29) is 24.3 Å². The molecular weight excluding hydrogens is 234 g/mol. The monoisotopic (exact) mass is 247 g/mol. The first-order valence-electron chi connectivity index (χ1n) is 5.63. The highest BCUT2D eigenvalue weighted by Crippen LogP contribution is 2.14. The van der Waals surface area contributed by atoms with Gasteiger partial charge in [-0.25, -0.2) is 0 Å². The second-order valence-electron chi connectivity index (χ2n) is 3.90. The second-order valence-corrected chi connectivity index (χ2v) is 3.90. The van der Waals surface area contributed by atoms with Gasteiger partial charge in [-0.3, -0.25) is 9.59 Å². The summed E-state index contributed by atoms with van der Waals surface area (Å²) in [5, 5.41) is 9.36. The summed E-state index contributed by atoms with van der Waals surface area (Å²) < 4.78 is 5.29. The zero-order chi connectivity index (χ0) is 13.0. The molecule has 5 heteroatoms. The normalized spacial score (nSPS) is 10.4. The molecular formula is C13H13NO4. The number of H-pyrrole nitrogens is 1. The van der Waals surface area contributed by atoms with Crippen molar-refractivity contribution in [1.29, 1.82) is 0 Å². The van der Waals surface area contributed by atoms with Gasteiger partial charge in [0, 0.05) is 17.3 Å². The number of aromatic amines is 1.